The minimum Gasteiger partial charge on any atom is -0.483 e. The summed E-state index contributed by atoms with van der Waals surface area (Å²) < 4.78 is 11.4. The van der Waals surface area contributed by atoms with E-state index in [2.05, 4.69) is 10.3 Å². The second kappa shape index (κ2) is 7.97. The fourth-order valence-corrected chi connectivity index (χ4v) is 3.19. The maximum atomic E-state index is 12.3. The second-order valence-corrected chi connectivity index (χ2v) is 7.12. The maximum Gasteiger partial charge on any atom is 0.262 e. The predicted molar refractivity (Wildman–Crippen MR) is 114 cm³/mol. The van der Waals surface area contributed by atoms with Crippen LogP contribution in [0.1, 0.15) is 11.1 Å². The van der Waals surface area contributed by atoms with Crippen LogP contribution >= 0.6 is 11.6 Å². The summed E-state index contributed by atoms with van der Waals surface area (Å²) in [5.41, 5.74) is 4.73. The molecule has 0 radical (unpaired) electrons. The summed E-state index contributed by atoms with van der Waals surface area (Å²) in [5.74, 6) is 0.892. The van der Waals surface area contributed by atoms with Crippen LogP contribution in [0.5, 0.6) is 5.75 Å². The first-order valence-corrected chi connectivity index (χ1v) is 9.53. The third kappa shape index (κ3) is 4.10. The Bertz CT molecular complexity index is 1200. The van der Waals surface area contributed by atoms with Crippen molar-refractivity contribution in [2.24, 2.45) is 0 Å². The van der Waals surface area contributed by atoms with E-state index < -0.39 is 0 Å². The van der Waals surface area contributed by atoms with Gasteiger partial charge in [-0.1, -0.05) is 35.9 Å². The number of fused-ring (bicyclic) bond motifs is 1. The van der Waals surface area contributed by atoms with Crippen LogP contribution < -0.4 is 10.1 Å². The number of oxazole rings is 1. The number of carbonyl (C=O) groups is 1. The fourth-order valence-electron chi connectivity index (χ4n) is 2.98. The zero-order valence-electron chi connectivity index (χ0n) is 16.0. The van der Waals surface area contributed by atoms with Crippen LogP contribution in [-0.2, 0) is 4.79 Å². The topological polar surface area (TPSA) is 64.4 Å². The van der Waals surface area contributed by atoms with Crippen molar-refractivity contribution in [3.8, 4) is 17.2 Å². The molecular formula is C23H19ClN2O3. The summed E-state index contributed by atoms with van der Waals surface area (Å²) in [6.45, 7) is 3.90. The number of hydrogen-bond acceptors (Lipinski definition) is 4. The van der Waals surface area contributed by atoms with E-state index >= 15 is 0 Å². The highest BCUT2D eigenvalue weighted by molar-refractivity contribution is 6.33. The zero-order valence-corrected chi connectivity index (χ0v) is 16.8. The van der Waals surface area contributed by atoms with Gasteiger partial charge in [0.05, 0.1) is 10.6 Å². The molecule has 0 saturated carbocycles. The van der Waals surface area contributed by atoms with Crippen molar-refractivity contribution < 1.29 is 13.9 Å². The third-order valence-corrected chi connectivity index (χ3v) is 5.02. The summed E-state index contributed by atoms with van der Waals surface area (Å²) in [5, 5.41) is 3.39. The number of carbonyl (C=O) groups excluding carboxylic acids is 1. The average molecular weight is 407 g/mol. The van der Waals surface area contributed by atoms with E-state index in [1.54, 1.807) is 24.3 Å². The normalized spacial score (nSPS) is 10.9. The number of hydrogen-bond donors (Lipinski definition) is 1. The standard InChI is InChI=1S/C23H19ClN2O3/c1-14-6-5-9-20(15(14)2)28-13-22(27)25-16-10-11-21-19(12-16)26-23(29-21)17-7-3-4-8-18(17)24/h3-12H,13H2,1-2H3,(H,25,27). The molecule has 0 saturated heterocycles. The lowest BCUT2D eigenvalue weighted by molar-refractivity contribution is -0.118. The van der Waals surface area contributed by atoms with Crippen molar-refractivity contribution in [1.29, 1.82) is 0 Å². The van der Waals surface area contributed by atoms with Crippen molar-refractivity contribution in [2.45, 2.75) is 13.8 Å². The van der Waals surface area contributed by atoms with Crippen molar-refractivity contribution in [1.82, 2.24) is 4.98 Å². The Morgan fingerprint density at radius 3 is 2.76 bits per heavy atom. The van der Waals surface area contributed by atoms with E-state index in [9.17, 15) is 4.79 Å². The smallest absolute Gasteiger partial charge is 0.262 e. The number of aryl methyl sites for hydroxylation is 1. The van der Waals surface area contributed by atoms with Crippen LogP contribution in [0.25, 0.3) is 22.6 Å². The van der Waals surface area contributed by atoms with Crippen molar-refractivity contribution in [2.75, 3.05) is 11.9 Å². The van der Waals surface area contributed by atoms with Gasteiger partial charge in [-0.2, -0.15) is 0 Å². The van der Waals surface area contributed by atoms with Crippen LogP contribution in [0.4, 0.5) is 5.69 Å². The van der Waals surface area contributed by atoms with Crippen LogP contribution in [0.2, 0.25) is 5.02 Å². The first-order valence-electron chi connectivity index (χ1n) is 9.15. The highest BCUT2D eigenvalue weighted by Crippen LogP contribution is 2.30. The van der Waals surface area contributed by atoms with Gasteiger partial charge in [-0.05, 0) is 61.4 Å². The minimum absolute atomic E-state index is 0.0774. The quantitative estimate of drug-likeness (QED) is 0.456. The highest BCUT2D eigenvalue weighted by atomic mass is 35.5. The number of nitrogens with zero attached hydrogens (tertiary/aromatic N) is 1. The van der Waals surface area contributed by atoms with E-state index in [0.717, 1.165) is 16.7 Å². The summed E-state index contributed by atoms with van der Waals surface area (Å²) in [6.07, 6.45) is 0. The molecule has 0 spiro atoms. The van der Waals surface area contributed by atoms with E-state index in [-0.39, 0.29) is 12.5 Å². The number of benzene rings is 3. The fraction of sp³-hybridized carbons (Fsp3) is 0.130. The average Bonchev–Trinajstić information content (AvgIpc) is 3.12. The molecule has 0 unspecified atom stereocenters. The minimum atomic E-state index is -0.250. The van der Waals surface area contributed by atoms with Gasteiger partial charge in [-0.25, -0.2) is 4.98 Å². The van der Waals surface area contributed by atoms with Gasteiger partial charge < -0.3 is 14.5 Å². The van der Waals surface area contributed by atoms with Gasteiger partial charge >= 0.3 is 0 Å². The molecule has 1 N–H and O–H groups in total. The molecule has 0 fully saturated rings. The van der Waals surface area contributed by atoms with Crippen LogP contribution in [0, 0.1) is 13.8 Å². The number of ether oxygens (including phenoxy) is 1. The van der Waals surface area contributed by atoms with E-state index in [1.165, 1.54) is 0 Å². The molecule has 0 bridgehead atoms. The van der Waals surface area contributed by atoms with Gasteiger partial charge in [-0.15, -0.1) is 0 Å². The van der Waals surface area contributed by atoms with Gasteiger partial charge in [-0.3, -0.25) is 4.79 Å². The SMILES string of the molecule is Cc1cccc(OCC(=O)Nc2ccc3oc(-c4ccccc4Cl)nc3c2)c1C. The lowest BCUT2D eigenvalue weighted by Gasteiger charge is -2.11. The Morgan fingerprint density at radius 2 is 1.93 bits per heavy atom. The molecule has 0 atom stereocenters. The molecule has 1 amide bonds. The van der Waals surface area contributed by atoms with Crippen molar-refractivity contribution >= 4 is 34.3 Å². The summed E-state index contributed by atoms with van der Waals surface area (Å²) in [6, 6.07) is 18.4. The molecule has 5 nitrogen and oxygen atoms in total. The Morgan fingerprint density at radius 1 is 1.10 bits per heavy atom. The van der Waals surface area contributed by atoms with Gasteiger partial charge in [0, 0.05) is 5.69 Å². The first-order chi connectivity index (χ1) is 14.0. The van der Waals surface area contributed by atoms with E-state index in [4.69, 9.17) is 20.8 Å². The molecule has 0 aliphatic carbocycles. The second-order valence-electron chi connectivity index (χ2n) is 6.72. The Balaban J connectivity index is 1.47. The first kappa shape index (κ1) is 19.0. The van der Waals surface area contributed by atoms with Crippen molar-refractivity contribution in [3.63, 3.8) is 0 Å². The molecule has 1 aromatic heterocycles. The molecule has 0 aliphatic rings. The van der Waals surface area contributed by atoms with E-state index in [0.29, 0.717) is 33.4 Å². The number of halogens is 1. The number of nitrogens with one attached hydrogen (secondary N) is 1. The van der Waals surface area contributed by atoms with Gasteiger partial charge in [0.15, 0.2) is 12.2 Å². The molecule has 4 rings (SSSR count). The largest absolute Gasteiger partial charge is 0.483 e. The Labute approximate surface area is 173 Å². The maximum absolute atomic E-state index is 12.3. The number of anilines is 1. The van der Waals surface area contributed by atoms with Gasteiger partial charge in [0.1, 0.15) is 11.3 Å². The Hall–Kier alpha value is -3.31. The molecular weight excluding hydrogens is 388 g/mol. The number of rotatable bonds is 5. The van der Waals surface area contributed by atoms with Crippen LogP contribution in [-0.4, -0.2) is 17.5 Å². The molecule has 1 heterocycles. The van der Waals surface area contributed by atoms with Gasteiger partial charge in [0.2, 0.25) is 5.89 Å². The van der Waals surface area contributed by atoms with Crippen LogP contribution in [0.15, 0.2) is 65.1 Å². The molecule has 4 aromatic rings. The number of amides is 1. The number of aromatic nitrogens is 1. The third-order valence-electron chi connectivity index (χ3n) is 4.69. The summed E-state index contributed by atoms with van der Waals surface area (Å²) >= 11 is 6.22. The van der Waals surface area contributed by atoms with Gasteiger partial charge in [0.25, 0.3) is 5.91 Å². The monoisotopic (exact) mass is 406 g/mol. The lowest BCUT2D eigenvalue weighted by atomic mass is 10.1. The summed E-state index contributed by atoms with van der Waals surface area (Å²) in [4.78, 5) is 16.8. The summed E-state index contributed by atoms with van der Waals surface area (Å²) in [7, 11) is 0. The molecule has 29 heavy (non-hydrogen) atoms. The van der Waals surface area contributed by atoms with Crippen molar-refractivity contribution in [3.05, 3.63) is 76.8 Å². The molecule has 0 aliphatic heterocycles. The zero-order chi connectivity index (χ0) is 20.4. The molecule has 6 heteroatoms. The molecule has 3 aromatic carbocycles. The van der Waals surface area contributed by atoms with E-state index in [1.807, 2.05) is 50.2 Å². The van der Waals surface area contributed by atoms with Crippen LogP contribution in [0.3, 0.4) is 0 Å². The molecule has 146 valence electrons. The highest BCUT2D eigenvalue weighted by Gasteiger charge is 2.13. The predicted octanol–water partition coefficient (Wildman–Crippen LogP) is 5.78. The lowest BCUT2D eigenvalue weighted by Crippen LogP contribution is -2.20. The Kier molecular flexibility index (Phi) is 5.23.